The Morgan fingerprint density at radius 1 is 1.22 bits per heavy atom. The van der Waals surface area contributed by atoms with Gasteiger partial charge >= 0.3 is 0 Å². The quantitative estimate of drug-likeness (QED) is 0.829. The molecule has 2 atom stereocenters. The number of rotatable bonds is 5. The molecular weight excluding hydrogens is 222 g/mol. The molecule has 1 aromatic rings. The van der Waals surface area contributed by atoms with Crippen LogP contribution in [0.5, 0.6) is 5.75 Å². The summed E-state index contributed by atoms with van der Waals surface area (Å²) in [7, 11) is 0. The van der Waals surface area contributed by atoms with Gasteiger partial charge in [0.05, 0.1) is 6.61 Å². The minimum atomic E-state index is 0.649. The predicted molar refractivity (Wildman–Crippen MR) is 77.3 cm³/mol. The third-order valence-electron chi connectivity index (χ3n) is 3.63. The second-order valence-corrected chi connectivity index (χ2v) is 5.49. The molecule has 0 saturated heterocycles. The van der Waals surface area contributed by atoms with Crippen LogP contribution < -0.4 is 10.1 Å². The summed E-state index contributed by atoms with van der Waals surface area (Å²) in [6.45, 7) is 5.28. The van der Waals surface area contributed by atoms with Gasteiger partial charge in [0, 0.05) is 11.7 Å². The molecule has 18 heavy (non-hydrogen) atoms. The van der Waals surface area contributed by atoms with Gasteiger partial charge in [-0.25, -0.2) is 0 Å². The zero-order valence-corrected chi connectivity index (χ0v) is 11.6. The van der Waals surface area contributed by atoms with Crippen molar-refractivity contribution in [3.63, 3.8) is 0 Å². The van der Waals surface area contributed by atoms with Gasteiger partial charge in [0.1, 0.15) is 5.75 Å². The van der Waals surface area contributed by atoms with Gasteiger partial charge < -0.3 is 10.1 Å². The van der Waals surface area contributed by atoms with Gasteiger partial charge in [0.25, 0.3) is 0 Å². The van der Waals surface area contributed by atoms with E-state index in [2.05, 4.69) is 43.4 Å². The van der Waals surface area contributed by atoms with Crippen LogP contribution in [-0.2, 0) is 0 Å². The van der Waals surface area contributed by atoms with Crippen LogP contribution in [0.1, 0.15) is 46.0 Å². The number of anilines is 1. The van der Waals surface area contributed by atoms with Crippen molar-refractivity contribution in [3.8, 4) is 5.75 Å². The molecule has 0 amide bonds. The fourth-order valence-corrected chi connectivity index (χ4v) is 2.67. The lowest BCUT2D eigenvalue weighted by atomic mass is 9.87. The third-order valence-corrected chi connectivity index (χ3v) is 3.63. The van der Waals surface area contributed by atoms with Crippen molar-refractivity contribution in [2.24, 2.45) is 5.92 Å². The number of benzene rings is 1. The molecule has 0 spiro atoms. The van der Waals surface area contributed by atoms with E-state index in [1.807, 2.05) is 0 Å². The Kier molecular flexibility index (Phi) is 4.91. The van der Waals surface area contributed by atoms with E-state index in [1.165, 1.54) is 31.4 Å². The molecule has 0 aliphatic heterocycles. The maximum Gasteiger partial charge on any atom is 0.119 e. The first-order valence-electron chi connectivity index (χ1n) is 7.27. The summed E-state index contributed by atoms with van der Waals surface area (Å²) in [5.74, 6) is 1.84. The number of hydrogen-bond acceptors (Lipinski definition) is 2. The van der Waals surface area contributed by atoms with E-state index in [4.69, 9.17) is 4.74 Å². The van der Waals surface area contributed by atoms with E-state index < -0.39 is 0 Å². The van der Waals surface area contributed by atoms with E-state index in [0.29, 0.717) is 6.04 Å². The molecule has 1 aromatic carbocycles. The van der Waals surface area contributed by atoms with Crippen molar-refractivity contribution in [1.82, 2.24) is 0 Å². The zero-order valence-electron chi connectivity index (χ0n) is 11.6. The summed E-state index contributed by atoms with van der Waals surface area (Å²) in [5.41, 5.74) is 1.22. The SMILES string of the molecule is CCCOc1ccc(NC2CCCC(C)C2)cc1. The van der Waals surface area contributed by atoms with Crippen molar-refractivity contribution in [1.29, 1.82) is 0 Å². The molecule has 0 radical (unpaired) electrons. The second kappa shape index (κ2) is 6.67. The molecule has 1 aliphatic carbocycles. The summed E-state index contributed by atoms with van der Waals surface area (Å²) in [5, 5.41) is 3.64. The highest BCUT2D eigenvalue weighted by molar-refractivity contribution is 5.47. The summed E-state index contributed by atoms with van der Waals surface area (Å²) >= 11 is 0. The van der Waals surface area contributed by atoms with Gasteiger partial charge in [-0.1, -0.05) is 26.7 Å². The largest absolute Gasteiger partial charge is 0.494 e. The van der Waals surface area contributed by atoms with Crippen LogP contribution in [0.2, 0.25) is 0 Å². The fraction of sp³-hybridized carbons (Fsp3) is 0.625. The lowest BCUT2D eigenvalue weighted by Gasteiger charge is -2.28. The predicted octanol–water partition coefficient (Wildman–Crippen LogP) is 4.47. The Balaban J connectivity index is 1.85. The third kappa shape index (κ3) is 3.94. The average Bonchev–Trinajstić information content (AvgIpc) is 2.38. The van der Waals surface area contributed by atoms with Gasteiger partial charge in [-0.3, -0.25) is 0 Å². The van der Waals surface area contributed by atoms with Crippen LogP contribution in [-0.4, -0.2) is 12.6 Å². The monoisotopic (exact) mass is 247 g/mol. The maximum atomic E-state index is 5.59. The normalized spacial score (nSPS) is 23.7. The summed E-state index contributed by atoms with van der Waals surface area (Å²) in [6.07, 6.45) is 6.41. The van der Waals surface area contributed by atoms with Crippen LogP contribution in [0.25, 0.3) is 0 Å². The maximum absolute atomic E-state index is 5.59. The molecule has 2 rings (SSSR count). The Labute approximate surface area is 111 Å². The van der Waals surface area contributed by atoms with E-state index in [-0.39, 0.29) is 0 Å². The highest BCUT2D eigenvalue weighted by Gasteiger charge is 2.18. The zero-order chi connectivity index (χ0) is 12.8. The molecule has 0 bridgehead atoms. The molecule has 1 saturated carbocycles. The number of nitrogens with one attached hydrogen (secondary N) is 1. The molecule has 1 N–H and O–H groups in total. The molecule has 1 fully saturated rings. The first kappa shape index (κ1) is 13.3. The van der Waals surface area contributed by atoms with E-state index in [1.54, 1.807) is 0 Å². The lowest BCUT2D eigenvalue weighted by Crippen LogP contribution is -2.26. The topological polar surface area (TPSA) is 21.3 Å². The molecule has 100 valence electrons. The summed E-state index contributed by atoms with van der Waals surface area (Å²) in [6, 6.07) is 9.03. The molecule has 0 heterocycles. The lowest BCUT2D eigenvalue weighted by molar-refractivity contribution is 0.317. The molecule has 2 nitrogen and oxygen atoms in total. The molecular formula is C16H25NO. The van der Waals surface area contributed by atoms with Gasteiger partial charge in [-0.05, 0) is 49.4 Å². The van der Waals surface area contributed by atoms with Crippen molar-refractivity contribution in [3.05, 3.63) is 24.3 Å². The summed E-state index contributed by atoms with van der Waals surface area (Å²) < 4.78 is 5.59. The number of hydrogen-bond donors (Lipinski definition) is 1. The first-order valence-corrected chi connectivity index (χ1v) is 7.27. The van der Waals surface area contributed by atoms with E-state index in [0.717, 1.165) is 24.7 Å². The van der Waals surface area contributed by atoms with Crippen LogP contribution in [0.3, 0.4) is 0 Å². The second-order valence-electron chi connectivity index (χ2n) is 5.49. The summed E-state index contributed by atoms with van der Waals surface area (Å²) in [4.78, 5) is 0. The van der Waals surface area contributed by atoms with Gasteiger partial charge in [-0.2, -0.15) is 0 Å². The Bertz CT molecular complexity index is 347. The first-order chi connectivity index (χ1) is 8.78. The standard InChI is InChI=1S/C16H25NO/c1-3-11-18-16-9-7-14(8-10-16)17-15-6-4-5-13(2)12-15/h7-10,13,15,17H,3-6,11-12H2,1-2H3. The van der Waals surface area contributed by atoms with Gasteiger partial charge in [0.2, 0.25) is 0 Å². The highest BCUT2D eigenvalue weighted by Crippen LogP contribution is 2.26. The fourth-order valence-electron chi connectivity index (χ4n) is 2.67. The van der Waals surface area contributed by atoms with Crippen LogP contribution in [0.15, 0.2) is 24.3 Å². The van der Waals surface area contributed by atoms with Crippen molar-refractivity contribution in [2.45, 2.75) is 52.0 Å². The molecule has 0 aromatic heterocycles. The highest BCUT2D eigenvalue weighted by atomic mass is 16.5. The molecule has 2 heteroatoms. The molecule has 2 unspecified atom stereocenters. The van der Waals surface area contributed by atoms with Crippen LogP contribution in [0.4, 0.5) is 5.69 Å². The van der Waals surface area contributed by atoms with Crippen molar-refractivity contribution >= 4 is 5.69 Å². The average molecular weight is 247 g/mol. The minimum absolute atomic E-state index is 0.649. The molecule has 1 aliphatic rings. The minimum Gasteiger partial charge on any atom is -0.494 e. The van der Waals surface area contributed by atoms with Crippen molar-refractivity contribution < 1.29 is 4.74 Å². The van der Waals surface area contributed by atoms with E-state index in [9.17, 15) is 0 Å². The van der Waals surface area contributed by atoms with Crippen LogP contribution in [0, 0.1) is 5.92 Å². The van der Waals surface area contributed by atoms with Gasteiger partial charge in [-0.15, -0.1) is 0 Å². The van der Waals surface area contributed by atoms with Crippen molar-refractivity contribution in [2.75, 3.05) is 11.9 Å². The van der Waals surface area contributed by atoms with E-state index >= 15 is 0 Å². The van der Waals surface area contributed by atoms with Crippen LogP contribution >= 0.6 is 0 Å². The Hall–Kier alpha value is -1.18. The smallest absolute Gasteiger partial charge is 0.119 e. The Morgan fingerprint density at radius 3 is 2.67 bits per heavy atom. The van der Waals surface area contributed by atoms with Gasteiger partial charge in [0.15, 0.2) is 0 Å². The Morgan fingerprint density at radius 2 is 2.00 bits per heavy atom. The number of ether oxygens (including phenoxy) is 1.